The number of nitrogens with one attached hydrogen (secondary N) is 2. The summed E-state index contributed by atoms with van der Waals surface area (Å²) in [6, 6.07) is 62.8. The monoisotopic (exact) mass is 706 g/mol. The number of hydrogen-bond donors (Lipinski definition) is 2. The zero-order chi connectivity index (χ0) is 37.1. The summed E-state index contributed by atoms with van der Waals surface area (Å²) in [6.07, 6.45) is -0.492. The SMILES string of the molecule is CC1(C)c2cc(C#N)ccc2-c2ccc(-c3ccc(-c4c(C5NC(c6ccccc6)=NC(c6ccccc6)N5)c5ccccc5c5ccccc45)cc3)cc21. The third kappa shape index (κ3) is 5.44. The lowest BCUT2D eigenvalue weighted by atomic mass is 9.81. The molecule has 2 atom stereocenters. The first-order valence-electron chi connectivity index (χ1n) is 18.9. The van der Waals surface area contributed by atoms with Crippen LogP contribution < -0.4 is 10.6 Å². The number of nitrogens with zero attached hydrogens (tertiary/aromatic N) is 2. The molecule has 1 aliphatic heterocycles. The van der Waals surface area contributed by atoms with Crippen molar-refractivity contribution in [1.29, 1.82) is 5.26 Å². The van der Waals surface area contributed by atoms with Crippen LogP contribution in [0.25, 0.3) is 54.9 Å². The second kappa shape index (κ2) is 13.0. The normalized spacial score (nSPS) is 16.9. The highest BCUT2D eigenvalue weighted by molar-refractivity contribution is 6.16. The van der Waals surface area contributed by atoms with Gasteiger partial charge in [-0.1, -0.05) is 166 Å². The lowest BCUT2D eigenvalue weighted by Crippen LogP contribution is -2.45. The van der Waals surface area contributed by atoms with Gasteiger partial charge in [-0.05, 0) is 89.8 Å². The minimum Gasteiger partial charge on any atom is -0.350 e. The molecule has 0 fully saturated rings. The zero-order valence-corrected chi connectivity index (χ0v) is 30.7. The van der Waals surface area contributed by atoms with Crippen molar-refractivity contribution in [2.75, 3.05) is 0 Å². The first-order valence-corrected chi connectivity index (χ1v) is 18.9. The van der Waals surface area contributed by atoms with E-state index in [1.165, 1.54) is 66.1 Å². The Balaban J connectivity index is 1.12. The van der Waals surface area contributed by atoms with Gasteiger partial charge in [-0.15, -0.1) is 0 Å². The van der Waals surface area contributed by atoms with Gasteiger partial charge >= 0.3 is 0 Å². The van der Waals surface area contributed by atoms with E-state index in [0.717, 1.165) is 22.5 Å². The standard InChI is InChI=1S/C51H38N4/c1-51(2)44-29-32(31-52)21-27-40(44)41-28-26-37(30-45(41)51)33-22-24-34(25-23-33)46-42-19-11-9-17-38(42)39-18-10-12-20-43(39)47(46)50-54-48(35-13-5-3-6-14-35)53-49(55-50)36-15-7-4-8-16-36/h3-30,48,50,54H,1-2H3,(H,53,55). The molecular formula is C51H38N4. The van der Waals surface area contributed by atoms with E-state index in [2.05, 4.69) is 188 Å². The molecule has 262 valence electrons. The van der Waals surface area contributed by atoms with Gasteiger partial charge in [-0.25, -0.2) is 4.99 Å². The number of fused-ring (bicyclic) bond motifs is 6. The molecule has 0 saturated heterocycles. The number of nitriles is 1. The Morgan fingerprint density at radius 2 is 1.11 bits per heavy atom. The predicted octanol–water partition coefficient (Wildman–Crippen LogP) is 11.8. The van der Waals surface area contributed by atoms with Crippen LogP contribution in [0.5, 0.6) is 0 Å². The minimum absolute atomic E-state index is 0.202. The van der Waals surface area contributed by atoms with Gasteiger partial charge in [0.15, 0.2) is 0 Å². The molecule has 0 aromatic heterocycles. The van der Waals surface area contributed by atoms with Gasteiger partial charge < -0.3 is 5.32 Å². The summed E-state index contributed by atoms with van der Waals surface area (Å²) in [7, 11) is 0. The van der Waals surface area contributed by atoms with Crippen molar-refractivity contribution >= 4 is 27.4 Å². The molecule has 2 unspecified atom stereocenters. The van der Waals surface area contributed by atoms with Crippen molar-refractivity contribution in [2.45, 2.75) is 31.6 Å². The predicted molar refractivity (Wildman–Crippen MR) is 226 cm³/mol. The van der Waals surface area contributed by atoms with Crippen LogP contribution in [0, 0.1) is 11.3 Å². The van der Waals surface area contributed by atoms with E-state index in [4.69, 9.17) is 4.99 Å². The molecule has 0 spiro atoms. The molecule has 10 rings (SSSR count). The average molecular weight is 707 g/mol. The van der Waals surface area contributed by atoms with Crippen molar-refractivity contribution in [3.63, 3.8) is 0 Å². The Kier molecular flexibility index (Phi) is 7.73. The zero-order valence-electron chi connectivity index (χ0n) is 30.7. The van der Waals surface area contributed by atoms with Crippen LogP contribution >= 0.6 is 0 Å². The summed E-state index contributed by atoms with van der Waals surface area (Å²) in [6.45, 7) is 4.53. The van der Waals surface area contributed by atoms with E-state index in [1.54, 1.807) is 0 Å². The van der Waals surface area contributed by atoms with E-state index in [9.17, 15) is 5.26 Å². The van der Waals surface area contributed by atoms with E-state index < -0.39 is 0 Å². The molecule has 8 aromatic carbocycles. The minimum atomic E-state index is -0.246. The van der Waals surface area contributed by atoms with Gasteiger partial charge in [0.2, 0.25) is 0 Å². The first-order chi connectivity index (χ1) is 27.0. The molecule has 4 heteroatoms. The highest BCUT2D eigenvalue weighted by atomic mass is 15.3. The number of hydrogen-bond acceptors (Lipinski definition) is 4. The van der Waals surface area contributed by atoms with Crippen LogP contribution in [0.2, 0.25) is 0 Å². The van der Waals surface area contributed by atoms with Crippen LogP contribution in [0.15, 0.2) is 175 Å². The first kappa shape index (κ1) is 32.8. The molecule has 0 bridgehead atoms. The maximum absolute atomic E-state index is 9.61. The quantitative estimate of drug-likeness (QED) is 0.175. The van der Waals surface area contributed by atoms with Crippen molar-refractivity contribution < 1.29 is 0 Å². The summed E-state index contributed by atoms with van der Waals surface area (Å²) < 4.78 is 0. The Hall–Kier alpha value is -6.80. The number of rotatable bonds is 5. The summed E-state index contributed by atoms with van der Waals surface area (Å²) in [5.41, 5.74) is 13.5. The Bertz CT molecular complexity index is 2850. The Morgan fingerprint density at radius 3 is 1.82 bits per heavy atom. The van der Waals surface area contributed by atoms with E-state index in [1.807, 2.05) is 12.1 Å². The molecule has 4 nitrogen and oxygen atoms in total. The van der Waals surface area contributed by atoms with Crippen molar-refractivity contribution in [1.82, 2.24) is 10.6 Å². The fourth-order valence-corrected chi connectivity index (χ4v) is 8.85. The fraction of sp³-hybridized carbons (Fsp3) is 0.0980. The second-order valence-electron chi connectivity index (χ2n) is 15.1. The van der Waals surface area contributed by atoms with E-state index >= 15 is 0 Å². The highest BCUT2D eigenvalue weighted by Crippen LogP contribution is 2.50. The maximum atomic E-state index is 9.61. The van der Waals surface area contributed by atoms with Gasteiger partial charge in [0.25, 0.3) is 0 Å². The lowest BCUT2D eigenvalue weighted by molar-refractivity contribution is 0.412. The Labute approximate surface area is 321 Å². The van der Waals surface area contributed by atoms with Gasteiger partial charge in [0, 0.05) is 16.5 Å². The molecule has 1 heterocycles. The van der Waals surface area contributed by atoms with Gasteiger partial charge in [-0.2, -0.15) is 5.26 Å². The summed E-state index contributed by atoms with van der Waals surface area (Å²) >= 11 is 0. The molecule has 0 radical (unpaired) electrons. The largest absolute Gasteiger partial charge is 0.350 e. The number of aliphatic imine (C=N–C) groups is 1. The fourth-order valence-electron chi connectivity index (χ4n) is 8.85. The topological polar surface area (TPSA) is 60.2 Å². The number of amidine groups is 1. The molecule has 55 heavy (non-hydrogen) atoms. The van der Waals surface area contributed by atoms with Crippen LogP contribution in [0.4, 0.5) is 0 Å². The van der Waals surface area contributed by atoms with Gasteiger partial charge in [0.05, 0.1) is 11.6 Å². The molecule has 2 N–H and O–H groups in total. The lowest BCUT2D eigenvalue weighted by Gasteiger charge is -2.34. The Morgan fingerprint density at radius 1 is 0.545 bits per heavy atom. The summed E-state index contributed by atoms with van der Waals surface area (Å²) in [4.78, 5) is 5.22. The summed E-state index contributed by atoms with van der Waals surface area (Å²) in [5.74, 6) is 0.863. The molecule has 8 aromatic rings. The van der Waals surface area contributed by atoms with E-state index in [0.29, 0.717) is 5.56 Å². The molecule has 0 amide bonds. The van der Waals surface area contributed by atoms with E-state index in [-0.39, 0.29) is 17.7 Å². The second-order valence-corrected chi connectivity index (χ2v) is 15.1. The average Bonchev–Trinajstić information content (AvgIpc) is 3.48. The third-order valence-electron chi connectivity index (χ3n) is 11.6. The summed E-state index contributed by atoms with van der Waals surface area (Å²) in [5, 5.41) is 22.3. The van der Waals surface area contributed by atoms with Crippen molar-refractivity contribution in [2.24, 2.45) is 4.99 Å². The third-order valence-corrected chi connectivity index (χ3v) is 11.6. The van der Waals surface area contributed by atoms with Crippen molar-refractivity contribution in [3.8, 4) is 39.4 Å². The molecule has 0 saturated carbocycles. The van der Waals surface area contributed by atoms with Crippen LogP contribution in [-0.4, -0.2) is 5.84 Å². The molecule has 2 aliphatic rings. The molecule has 1 aliphatic carbocycles. The molecular weight excluding hydrogens is 669 g/mol. The van der Waals surface area contributed by atoms with Crippen LogP contribution in [0.1, 0.15) is 59.6 Å². The maximum Gasteiger partial charge on any atom is 0.131 e. The van der Waals surface area contributed by atoms with Crippen LogP contribution in [0.3, 0.4) is 0 Å². The van der Waals surface area contributed by atoms with Gasteiger partial charge in [-0.3, -0.25) is 5.32 Å². The smallest absolute Gasteiger partial charge is 0.131 e. The van der Waals surface area contributed by atoms with Crippen molar-refractivity contribution in [3.05, 3.63) is 203 Å². The van der Waals surface area contributed by atoms with Crippen LogP contribution in [-0.2, 0) is 5.41 Å². The van der Waals surface area contributed by atoms with Gasteiger partial charge in [0.1, 0.15) is 18.2 Å². The highest BCUT2D eigenvalue weighted by Gasteiger charge is 2.36. The number of benzene rings is 8.